The van der Waals surface area contributed by atoms with E-state index in [1.807, 2.05) is 11.8 Å². The molecule has 0 bridgehead atoms. The molecule has 1 aliphatic rings. The van der Waals surface area contributed by atoms with Gasteiger partial charge in [-0.05, 0) is 6.42 Å². The van der Waals surface area contributed by atoms with E-state index in [1.165, 1.54) is 0 Å². The lowest BCUT2D eigenvalue weighted by atomic mass is 10.2. The highest BCUT2D eigenvalue weighted by Gasteiger charge is 2.34. The van der Waals surface area contributed by atoms with E-state index in [0.717, 1.165) is 0 Å². The molecule has 0 aliphatic carbocycles. The number of hydrogen-bond acceptors (Lipinski definition) is 5. The Bertz CT molecular complexity index is 212. The monoisotopic (exact) mass is 203 g/mol. The minimum absolute atomic E-state index is 0.119. The van der Waals surface area contributed by atoms with Crippen molar-refractivity contribution >= 4 is 5.84 Å². The Morgan fingerprint density at radius 1 is 1.50 bits per heavy atom. The van der Waals surface area contributed by atoms with Crippen LogP contribution in [0.2, 0.25) is 0 Å². The van der Waals surface area contributed by atoms with Crippen molar-refractivity contribution in [2.45, 2.75) is 31.6 Å². The van der Waals surface area contributed by atoms with Crippen molar-refractivity contribution in [2.24, 2.45) is 10.9 Å². The number of oxime groups is 1. The Balaban J connectivity index is 2.63. The van der Waals surface area contributed by atoms with Crippen molar-refractivity contribution < 1.29 is 15.4 Å². The van der Waals surface area contributed by atoms with Gasteiger partial charge in [0.05, 0.1) is 18.2 Å². The van der Waals surface area contributed by atoms with E-state index in [1.54, 1.807) is 0 Å². The van der Waals surface area contributed by atoms with Gasteiger partial charge in [0, 0.05) is 13.1 Å². The van der Waals surface area contributed by atoms with E-state index in [9.17, 15) is 10.2 Å². The van der Waals surface area contributed by atoms with Crippen molar-refractivity contribution in [2.75, 3.05) is 13.1 Å². The normalized spacial score (nSPS) is 32.1. The van der Waals surface area contributed by atoms with Crippen LogP contribution in [0, 0.1) is 0 Å². The molecule has 0 aromatic carbocycles. The van der Waals surface area contributed by atoms with Gasteiger partial charge in [-0.15, -0.1) is 0 Å². The first-order chi connectivity index (χ1) is 6.60. The number of amidine groups is 1. The molecule has 3 atom stereocenters. The Morgan fingerprint density at radius 3 is 2.36 bits per heavy atom. The number of nitrogens with two attached hydrogens (primary N) is 1. The maximum absolute atomic E-state index is 9.33. The molecule has 0 aromatic rings. The molecule has 0 amide bonds. The Labute approximate surface area is 82.6 Å². The molecule has 6 heteroatoms. The van der Waals surface area contributed by atoms with E-state index in [4.69, 9.17) is 10.9 Å². The van der Waals surface area contributed by atoms with Crippen molar-refractivity contribution in [1.82, 2.24) is 4.90 Å². The first kappa shape index (κ1) is 11.2. The minimum atomic E-state index is -0.740. The second kappa shape index (κ2) is 4.59. The zero-order valence-corrected chi connectivity index (χ0v) is 8.17. The number of nitrogens with zero attached hydrogens (tertiary/aromatic N) is 2. The van der Waals surface area contributed by atoms with Crippen LogP contribution in [-0.2, 0) is 0 Å². The first-order valence-corrected chi connectivity index (χ1v) is 4.67. The highest BCUT2D eigenvalue weighted by molar-refractivity contribution is 5.85. The second-order valence-electron chi connectivity index (χ2n) is 3.54. The SMILES string of the molecule is CCC(C(N)=NO)N1CC(O)C(O)C1. The van der Waals surface area contributed by atoms with Crippen LogP contribution in [0.5, 0.6) is 0 Å². The molecule has 0 spiro atoms. The fourth-order valence-electron chi connectivity index (χ4n) is 1.77. The second-order valence-corrected chi connectivity index (χ2v) is 3.54. The molecule has 82 valence electrons. The van der Waals surface area contributed by atoms with E-state index in [-0.39, 0.29) is 11.9 Å². The van der Waals surface area contributed by atoms with E-state index >= 15 is 0 Å². The predicted octanol–water partition coefficient (Wildman–Crippen LogP) is -1.45. The molecule has 1 heterocycles. The zero-order chi connectivity index (χ0) is 10.7. The quantitative estimate of drug-likeness (QED) is 0.194. The first-order valence-electron chi connectivity index (χ1n) is 4.67. The standard InChI is InChI=1S/C8H17N3O3/c1-2-5(8(9)10-14)11-3-6(12)7(13)4-11/h5-7,12-14H,2-4H2,1H3,(H2,9,10). The maximum atomic E-state index is 9.33. The average Bonchev–Trinajstić information content (AvgIpc) is 2.48. The summed E-state index contributed by atoms with van der Waals surface area (Å²) < 4.78 is 0. The van der Waals surface area contributed by atoms with Crippen LogP contribution in [0.1, 0.15) is 13.3 Å². The highest BCUT2D eigenvalue weighted by Crippen LogP contribution is 2.15. The minimum Gasteiger partial charge on any atom is -0.409 e. The van der Waals surface area contributed by atoms with Gasteiger partial charge in [0.1, 0.15) is 0 Å². The van der Waals surface area contributed by atoms with Gasteiger partial charge >= 0.3 is 0 Å². The van der Waals surface area contributed by atoms with Gasteiger partial charge in [-0.2, -0.15) is 0 Å². The molecule has 1 fully saturated rings. The summed E-state index contributed by atoms with van der Waals surface area (Å²) in [5.74, 6) is 0.119. The zero-order valence-electron chi connectivity index (χ0n) is 8.17. The molecular formula is C8H17N3O3. The van der Waals surface area contributed by atoms with Gasteiger partial charge < -0.3 is 21.2 Å². The fraction of sp³-hybridized carbons (Fsp3) is 0.875. The van der Waals surface area contributed by atoms with Crippen LogP contribution in [-0.4, -0.2) is 57.5 Å². The summed E-state index contributed by atoms with van der Waals surface area (Å²) in [7, 11) is 0. The summed E-state index contributed by atoms with van der Waals surface area (Å²) in [5, 5.41) is 30.1. The highest BCUT2D eigenvalue weighted by atomic mass is 16.4. The topological polar surface area (TPSA) is 102 Å². The molecule has 0 aromatic heterocycles. The van der Waals surface area contributed by atoms with Gasteiger partial charge in [0.2, 0.25) is 0 Å². The summed E-state index contributed by atoms with van der Waals surface area (Å²) in [4.78, 5) is 1.81. The van der Waals surface area contributed by atoms with E-state index in [0.29, 0.717) is 19.5 Å². The van der Waals surface area contributed by atoms with Crippen molar-refractivity contribution in [1.29, 1.82) is 0 Å². The predicted molar refractivity (Wildman–Crippen MR) is 51.1 cm³/mol. The Kier molecular flexibility index (Phi) is 3.68. The van der Waals surface area contributed by atoms with Crippen LogP contribution < -0.4 is 5.73 Å². The molecule has 14 heavy (non-hydrogen) atoms. The number of hydrogen-bond donors (Lipinski definition) is 4. The number of aliphatic hydroxyl groups excluding tert-OH is 2. The molecule has 3 unspecified atom stereocenters. The summed E-state index contributed by atoms with van der Waals surface area (Å²) in [5.41, 5.74) is 5.49. The number of likely N-dealkylation sites (tertiary alicyclic amines) is 1. The third kappa shape index (κ3) is 2.14. The maximum Gasteiger partial charge on any atom is 0.156 e. The summed E-state index contributed by atoms with van der Waals surface area (Å²) in [6, 6.07) is -0.216. The van der Waals surface area contributed by atoms with Gasteiger partial charge in [0.25, 0.3) is 0 Å². The van der Waals surface area contributed by atoms with Crippen molar-refractivity contribution in [3.8, 4) is 0 Å². The third-order valence-electron chi connectivity index (χ3n) is 2.57. The summed E-state index contributed by atoms with van der Waals surface area (Å²) in [6.45, 7) is 2.62. The van der Waals surface area contributed by atoms with Crippen LogP contribution in [0.25, 0.3) is 0 Å². The molecule has 5 N–H and O–H groups in total. The lowest BCUT2D eigenvalue weighted by Gasteiger charge is -2.24. The van der Waals surface area contributed by atoms with Crippen LogP contribution in [0.4, 0.5) is 0 Å². The molecule has 1 saturated heterocycles. The molecule has 6 nitrogen and oxygen atoms in total. The summed E-state index contributed by atoms with van der Waals surface area (Å²) >= 11 is 0. The van der Waals surface area contributed by atoms with Crippen LogP contribution in [0.3, 0.4) is 0 Å². The Hall–Kier alpha value is -0.850. The van der Waals surface area contributed by atoms with Gasteiger partial charge in [-0.25, -0.2) is 0 Å². The molecule has 0 saturated carbocycles. The lowest BCUT2D eigenvalue weighted by molar-refractivity contribution is 0.0572. The Morgan fingerprint density at radius 2 is 2.00 bits per heavy atom. The molecule has 1 rings (SSSR count). The largest absolute Gasteiger partial charge is 0.409 e. The number of β-amino-alcohol motifs (C(OH)–C–C–N with tert-alkyl or cyclic N) is 2. The summed E-state index contributed by atoms with van der Waals surface area (Å²) in [6.07, 6.45) is -0.805. The fourth-order valence-corrected chi connectivity index (χ4v) is 1.77. The van der Waals surface area contributed by atoms with Crippen LogP contribution in [0.15, 0.2) is 5.16 Å². The van der Waals surface area contributed by atoms with Crippen molar-refractivity contribution in [3.05, 3.63) is 0 Å². The van der Waals surface area contributed by atoms with Gasteiger partial charge in [-0.1, -0.05) is 12.1 Å². The molecule has 1 aliphatic heterocycles. The molecular weight excluding hydrogens is 186 g/mol. The van der Waals surface area contributed by atoms with E-state index < -0.39 is 12.2 Å². The van der Waals surface area contributed by atoms with Gasteiger partial charge in [-0.3, -0.25) is 4.90 Å². The van der Waals surface area contributed by atoms with Crippen LogP contribution >= 0.6 is 0 Å². The third-order valence-corrected chi connectivity index (χ3v) is 2.57. The van der Waals surface area contributed by atoms with E-state index in [2.05, 4.69) is 5.16 Å². The smallest absolute Gasteiger partial charge is 0.156 e. The molecule has 0 radical (unpaired) electrons. The van der Waals surface area contributed by atoms with Gasteiger partial charge in [0.15, 0.2) is 5.84 Å². The van der Waals surface area contributed by atoms with Crippen molar-refractivity contribution in [3.63, 3.8) is 0 Å². The average molecular weight is 203 g/mol. The number of rotatable bonds is 3. The lowest BCUT2D eigenvalue weighted by Crippen LogP contribution is -2.43. The number of aliphatic hydroxyl groups is 2.